The molecule has 2 aromatic heterocycles. The van der Waals surface area contributed by atoms with Gasteiger partial charge in [-0.2, -0.15) is 0 Å². The summed E-state index contributed by atoms with van der Waals surface area (Å²) in [7, 11) is 0. The molecule has 0 fully saturated rings. The number of nitro benzene ring substituents is 1. The van der Waals surface area contributed by atoms with Crippen LogP contribution in [0.5, 0.6) is 0 Å². The van der Waals surface area contributed by atoms with Crippen molar-refractivity contribution in [3.8, 4) is 11.3 Å². The molecule has 0 radical (unpaired) electrons. The van der Waals surface area contributed by atoms with Crippen LogP contribution in [0.15, 0.2) is 48.7 Å². The Morgan fingerprint density at radius 1 is 1.20 bits per heavy atom. The highest BCUT2D eigenvalue weighted by atomic mass is 16.6. The van der Waals surface area contributed by atoms with Gasteiger partial charge in [-0.3, -0.25) is 19.3 Å². The van der Waals surface area contributed by atoms with Crippen molar-refractivity contribution in [2.24, 2.45) is 0 Å². The van der Waals surface area contributed by atoms with Crippen LogP contribution in [-0.2, 0) is 0 Å². The molecule has 3 rings (SSSR count). The molecule has 0 aliphatic rings. The van der Waals surface area contributed by atoms with E-state index >= 15 is 0 Å². The predicted octanol–water partition coefficient (Wildman–Crippen LogP) is 2.72. The van der Waals surface area contributed by atoms with Crippen LogP contribution in [0.2, 0.25) is 0 Å². The molecular formula is C14H9N3O3. The largest absolute Gasteiger partial charge is 0.297 e. The number of aldehydes is 1. The van der Waals surface area contributed by atoms with Crippen molar-refractivity contribution in [1.82, 2.24) is 9.38 Å². The van der Waals surface area contributed by atoms with Gasteiger partial charge in [-0.15, -0.1) is 0 Å². The van der Waals surface area contributed by atoms with E-state index in [-0.39, 0.29) is 5.69 Å². The van der Waals surface area contributed by atoms with Gasteiger partial charge in [-0.25, -0.2) is 4.98 Å². The highest BCUT2D eigenvalue weighted by Gasteiger charge is 2.15. The van der Waals surface area contributed by atoms with Crippen LogP contribution >= 0.6 is 0 Å². The summed E-state index contributed by atoms with van der Waals surface area (Å²) in [4.78, 5) is 26.0. The average molecular weight is 267 g/mol. The zero-order valence-corrected chi connectivity index (χ0v) is 10.3. The maximum Gasteiger partial charge on any atom is 0.270 e. The minimum Gasteiger partial charge on any atom is -0.297 e. The van der Waals surface area contributed by atoms with E-state index in [0.717, 1.165) is 0 Å². The fourth-order valence-corrected chi connectivity index (χ4v) is 2.11. The standard InChI is InChI=1S/C14H9N3O3/c18-9-12-14(15-13-6-1-2-7-16(12)13)10-4-3-5-11(8-10)17(19)20/h1-9H. The number of carbonyl (C=O) groups is 1. The quantitative estimate of drug-likeness (QED) is 0.415. The van der Waals surface area contributed by atoms with Crippen LogP contribution in [0.4, 0.5) is 5.69 Å². The van der Waals surface area contributed by atoms with Gasteiger partial charge in [0.1, 0.15) is 17.0 Å². The number of imidazole rings is 1. The highest BCUT2D eigenvalue weighted by Crippen LogP contribution is 2.26. The molecule has 0 aliphatic heterocycles. The van der Waals surface area contributed by atoms with Crippen molar-refractivity contribution in [2.45, 2.75) is 0 Å². The Hall–Kier alpha value is -3.02. The first-order chi connectivity index (χ1) is 9.70. The lowest BCUT2D eigenvalue weighted by Gasteiger charge is -1.98. The van der Waals surface area contributed by atoms with Crippen molar-refractivity contribution in [3.05, 3.63) is 64.5 Å². The molecule has 20 heavy (non-hydrogen) atoms. The Bertz CT molecular complexity index is 823. The number of nitrogens with zero attached hydrogens (tertiary/aromatic N) is 3. The highest BCUT2D eigenvalue weighted by molar-refractivity contribution is 5.86. The summed E-state index contributed by atoms with van der Waals surface area (Å²) >= 11 is 0. The minimum absolute atomic E-state index is 0.0311. The predicted molar refractivity (Wildman–Crippen MR) is 72.7 cm³/mol. The molecule has 0 bridgehead atoms. The van der Waals surface area contributed by atoms with E-state index in [9.17, 15) is 14.9 Å². The molecule has 0 N–H and O–H groups in total. The van der Waals surface area contributed by atoms with Crippen LogP contribution < -0.4 is 0 Å². The number of rotatable bonds is 3. The van der Waals surface area contributed by atoms with E-state index in [1.54, 1.807) is 34.9 Å². The van der Waals surface area contributed by atoms with Gasteiger partial charge in [-0.05, 0) is 12.1 Å². The second-order valence-electron chi connectivity index (χ2n) is 4.20. The van der Waals surface area contributed by atoms with Crippen molar-refractivity contribution < 1.29 is 9.72 Å². The average Bonchev–Trinajstić information content (AvgIpc) is 2.86. The lowest BCUT2D eigenvalue weighted by atomic mass is 10.1. The number of pyridine rings is 1. The molecule has 3 aromatic rings. The summed E-state index contributed by atoms with van der Waals surface area (Å²) in [5.74, 6) is 0. The molecule has 1 aromatic carbocycles. The molecule has 0 aliphatic carbocycles. The molecule has 6 heteroatoms. The van der Waals surface area contributed by atoms with E-state index in [0.29, 0.717) is 28.9 Å². The van der Waals surface area contributed by atoms with Crippen molar-refractivity contribution in [3.63, 3.8) is 0 Å². The summed E-state index contributed by atoms with van der Waals surface area (Å²) in [5, 5.41) is 10.8. The van der Waals surface area contributed by atoms with Gasteiger partial charge in [0.15, 0.2) is 6.29 Å². The number of hydrogen-bond acceptors (Lipinski definition) is 4. The van der Waals surface area contributed by atoms with Gasteiger partial charge in [0.25, 0.3) is 5.69 Å². The number of fused-ring (bicyclic) bond motifs is 1. The maximum atomic E-state index is 11.3. The van der Waals surface area contributed by atoms with Crippen LogP contribution in [0.3, 0.4) is 0 Å². The molecule has 0 saturated carbocycles. The zero-order chi connectivity index (χ0) is 14.1. The number of carbonyl (C=O) groups excluding carboxylic acids is 1. The number of non-ortho nitro benzene ring substituents is 1. The van der Waals surface area contributed by atoms with Crippen LogP contribution in [0.25, 0.3) is 16.9 Å². The monoisotopic (exact) mass is 267 g/mol. The lowest BCUT2D eigenvalue weighted by Crippen LogP contribution is -1.92. The van der Waals surface area contributed by atoms with E-state index < -0.39 is 4.92 Å². The van der Waals surface area contributed by atoms with E-state index in [1.807, 2.05) is 6.07 Å². The van der Waals surface area contributed by atoms with Gasteiger partial charge in [0.2, 0.25) is 0 Å². The molecular weight excluding hydrogens is 258 g/mol. The third-order valence-electron chi connectivity index (χ3n) is 3.01. The first-order valence-corrected chi connectivity index (χ1v) is 5.88. The van der Waals surface area contributed by atoms with Crippen molar-refractivity contribution in [2.75, 3.05) is 0 Å². The molecule has 2 heterocycles. The summed E-state index contributed by atoms with van der Waals surface area (Å²) in [6.07, 6.45) is 2.43. The normalized spacial score (nSPS) is 10.6. The SMILES string of the molecule is O=Cc1c(-c2cccc([N+](=O)[O-])c2)nc2ccccn12. The lowest BCUT2D eigenvalue weighted by molar-refractivity contribution is -0.384. The van der Waals surface area contributed by atoms with Gasteiger partial charge in [-0.1, -0.05) is 18.2 Å². The Balaban J connectivity index is 2.26. The summed E-state index contributed by atoms with van der Waals surface area (Å²) in [5.41, 5.74) is 1.95. The Labute approximate surface area is 113 Å². The van der Waals surface area contributed by atoms with Crippen LogP contribution in [0, 0.1) is 10.1 Å². The number of benzene rings is 1. The molecule has 98 valence electrons. The van der Waals surface area contributed by atoms with Gasteiger partial charge >= 0.3 is 0 Å². The number of hydrogen-bond donors (Lipinski definition) is 0. The second kappa shape index (κ2) is 4.58. The topological polar surface area (TPSA) is 77.5 Å². The molecule has 0 unspecified atom stereocenters. The number of aromatic nitrogens is 2. The van der Waals surface area contributed by atoms with E-state index in [1.165, 1.54) is 12.1 Å². The Morgan fingerprint density at radius 3 is 2.80 bits per heavy atom. The Kier molecular flexibility index (Phi) is 2.76. The fourth-order valence-electron chi connectivity index (χ4n) is 2.11. The van der Waals surface area contributed by atoms with Gasteiger partial charge in [0.05, 0.1) is 4.92 Å². The molecule has 0 atom stereocenters. The summed E-state index contributed by atoms with van der Waals surface area (Å²) < 4.78 is 1.65. The van der Waals surface area contributed by atoms with Crippen molar-refractivity contribution in [1.29, 1.82) is 0 Å². The molecule has 0 spiro atoms. The summed E-state index contributed by atoms with van der Waals surface area (Å²) in [6.45, 7) is 0. The Morgan fingerprint density at radius 2 is 2.05 bits per heavy atom. The minimum atomic E-state index is -0.472. The smallest absolute Gasteiger partial charge is 0.270 e. The first-order valence-electron chi connectivity index (χ1n) is 5.88. The van der Waals surface area contributed by atoms with Crippen molar-refractivity contribution >= 4 is 17.6 Å². The number of nitro groups is 1. The first kappa shape index (κ1) is 12.0. The summed E-state index contributed by atoms with van der Waals surface area (Å²) in [6, 6.07) is 11.5. The van der Waals surface area contributed by atoms with E-state index in [4.69, 9.17) is 0 Å². The fraction of sp³-hybridized carbons (Fsp3) is 0. The third kappa shape index (κ3) is 1.83. The van der Waals surface area contributed by atoms with Gasteiger partial charge < -0.3 is 0 Å². The maximum absolute atomic E-state index is 11.3. The molecule has 0 amide bonds. The van der Waals surface area contributed by atoms with Crippen LogP contribution in [0.1, 0.15) is 10.5 Å². The van der Waals surface area contributed by atoms with Crippen LogP contribution in [-0.4, -0.2) is 20.6 Å². The van der Waals surface area contributed by atoms with E-state index in [2.05, 4.69) is 4.98 Å². The molecule has 6 nitrogen and oxygen atoms in total. The second-order valence-corrected chi connectivity index (χ2v) is 4.20. The zero-order valence-electron chi connectivity index (χ0n) is 10.3. The third-order valence-corrected chi connectivity index (χ3v) is 3.01. The van der Waals surface area contributed by atoms with Gasteiger partial charge in [0, 0.05) is 23.9 Å². The molecule has 0 saturated heterocycles.